The molecular formula is C15H26N2O3S. The average molecular weight is 314 g/mol. The fourth-order valence-electron chi connectivity index (χ4n) is 2.94. The lowest BCUT2D eigenvalue weighted by Gasteiger charge is -2.33. The first-order chi connectivity index (χ1) is 9.80. The van der Waals surface area contributed by atoms with Gasteiger partial charge in [-0.3, -0.25) is 4.90 Å². The van der Waals surface area contributed by atoms with Crippen molar-refractivity contribution in [1.29, 1.82) is 0 Å². The summed E-state index contributed by atoms with van der Waals surface area (Å²) in [5, 5.41) is 0.0212. The van der Waals surface area contributed by atoms with Crippen LogP contribution >= 0.6 is 0 Å². The van der Waals surface area contributed by atoms with Crippen molar-refractivity contribution in [2.24, 2.45) is 5.92 Å². The molecular weight excluding hydrogens is 288 g/mol. The van der Waals surface area contributed by atoms with Gasteiger partial charge in [-0.25, -0.2) is 12.7 Å². The molecule has 1 heterocycles. The van der Waals surface area contributed by atoms with Gasteiger partial charge in [0.05, 0.1) is 6.54 Å². The molecule has 0 unspecified atom stereocenters. The summed E-state index contributed by atoms with van der Waals surface area (Å²) >= 11 is 0. The van der Waals surface area contributed by atoms with Crippen LogP contribution in [0.25, 0.3) is 0 Å². The molecule has 2 rings (SSSR count). The molecule has 1 aliphatic rings. The lowest BCUT2D eigenvalue weighted by molar-refractivity contribution is 0.146. The molecule has 120 valence electrons. The van der Waals surface area contributed by atoms with Gasteiger partial charge in [0.25, 0.3) is 10.0 Å². The number of sulfonamides is 1. The van der Waals surface area contributed by atoms with Crippen LogP contribution < -0.4 is 0 Å². The first-order valence-electron chi connectivity index (χ1n) is 7.52. The van der Waals surface area contributed by atoms with Gasteiger partial charge in [0, 0.05) is 20.1 Å². The summed E-state index contributed by atoms with van der Waals surface area (Å²) in [6.45, 7) is 2.95. The monoisotopic (exact) mass is 314 g/mol. The first kappa shape index (κ1) is 16.5. The van der Waals surface area contributed by atoms with Crippen LogP contribution in [0.3, 0.4) is 0 Å². The molecule has 6 heteroatoms. The summed E-state index contributed by atoms with van der Waals surface area (Å²) in [4.78, 5) is 2.28. The first-order valence-corrected chi connectivity index (χ1v) is 8.96. The molecule has 1 fully saturated rings. The maximum Gasteiger partial charge on any atom is 0.275 e. The molecule has 0 aromatic carbocycles. The van der Waals surface area contributed by atoms with Crippen molar-refractivity contribution in [3.05, 3.63) is 17.9 Å². The Labute approximate surface area is 128 Å². The van der Waals surface area contributed by atoms with Gasteiger partial charge in [0.2, 0.25) is 5.09 Å². The normalized spacial score (nSPS) is 23.9. The lowest BCUT2D eigenvalue weighted by Crippen LogP contribution is -2.34. The van der Waals surface area contributed by atoms with E-state index in [1.54, 1.807) is 12.1 Å². The third-order valence-corrected chi connectivity index (χ3v) is 6.00. The summed E-state index contributed by atoms with van der Waals surface area (Å²) in [5.41, 5.74) is 0. The standard InChI is InChI=1S/C15H26N2O3S/c1-12-6-5-7-13(10-12)17(4)11-14-8-9-15(20-14)21(18,19)16(2)3/h8-9,12-13H,5-7,10-11H2,1-4H3/t12-,13+/m0/s1. The van der Waals surface area contributed by atoms with Crippen molar-refractivity contribution >= 4 is 10.0 Å². The third-order valence-electron chi connectivity index (χ3n) is 4.31. The van der Waals surface area contributed by atoms with Crippen LogP contribution in [0.5, 0.6) is 0 Å². The lowest BCUT2D eigenvalue weighted by atomic mass is 9.86. The molecule has 0 spiro atoms. The van der Waals surface area contributed by atoms with Crippen LogP contribution in [-0.2, 0) is 16.6 Å². The molecule has 0 saturated heterocycles. The molecule has 0 bridgehead atoms. The van der Waals surface area contributed by atoms with Gasteiger partial charge in [-0.2, -0.15) is 0 Å². The minimum absolute atomic E-state index is 0.0212. The number of nitrogens with zero attached hydrogens (tertiary/aromatic N) is 2. The van der Waals surface area contributed by atoms with Crippen LogP contribution in [0.1, 0.15) is 38.4 Å². The number of rotatable bonds is 5. The van der Waals surface area contributed by atoms with Crippen LogP contribution in [0, 0.1) is 5.92 Å². The Morgan fingerprint density at radius 2 is 1.95 bits per heavy atom. The van der Waals surface area contributed by atoms with Gasteiger partial charge in [0.1, 0.15) is 5.76 Å². The fourth-order valence-corrected chi connectivity index (χ4v) is 3.75. The van der Waals surface area contributed by atoms with Gasteiger partial charge >= 0.3 is 0 Å². The van der Waals surface area contributed by atoms with E-state index in [-0.39, 0.29) is 5.09 Å². The van der Waals surface area contributed by atoms with E-state index in [9.17, 15) is 8.42 Å². The fraction of sp³-hybridized carbons (Fsp3) is 0.733. The minimum atomic E-state index is -3.48. The van der Waals surface area contributed by atoms with E-state index in [0.29, 0.717) is 18.3 Å². The van der Waals surface area contributed by atoms with E-state index in [0.717, 1.165) is 5.92 Å². The molecule has 5 nitrogen and oxygen atoms in total. The summed E-state index contributed by atoms with van der Waals surface area (Å²) in [7, 11) is 1.63. The Bertz CT molecular complexity index is 565. The Morgan fingerprint density at radius 1 is 1.24 bits per heavy atom. The Morgan fingerprint density at radius 3 is 2.57 bits per heavy atom. The molecule has 1 saturated carbocycles. The van der Waals surface area contributed by atoms with Crippen LogP contribution in [0.15, 0.2) is 21.6 Å². The molecule has 1 aliphatic carbocycles. The second kappa shape index (κ2) is 6.50. The average Bonchev–Trinajstić information content (AvgIpc) is 2.87. The second-order valence-electron chi connectivity index (χ2n) is 6.35. The van der Waals surface area contributed by atoms with E-state index in [4.69, 9.17) is 4.42 Å². The van der Waals surface area contributed by atoms with Crippen molar-refractivity contribution in [3.8, 4) is 0 Å². The van der Waals surface area contributed by atoms with E-state index >= 15 is 0 Å². The molecule has 1 aromatic heterocycles. The zero-order valence-corrected chi connectivity index (χ0v) is 14.2. The predicted octanol–water partition coefficient (Wildman–Crippen LogP) is 2.54. The summed E-state index contributed by atoms with van der Waals surface area (Å²) in [6, 6.07) is 3.87. The molecule has 21 heavy (non-hydrogen) atoms. The van der Waals surface area contributed by atoms with Gasteiger partial charge in [-0.15, -0.1) is 0 Å². The Kier molecular flexibility index (Phi) is 5.11. The Balaban J connectivity index is 2.02. The molecule has 0 aliphatic heterocycles. The van der Waals surface area contributed by atoms with E-state index in [1.807, 2.05) is 0 Å². The van der Waals surface area contributed by atoms with Gasteiger partial charge in [-0.05, 0) is 37.9 Å². The maximum absolute atomic E-state index is 12.0. The molecule has 0 amide bonds. The summed E-state index contributed by atoms with van der Waals surface area (Å²) in [5.74, 6) is 1.48. The van der Waals surface area contributed by atoms with E-state index in [2.05, 4.69) is 18.9 Å². The Hall–Kier alpha value is -0.850. The van der Waals surface area contributed by atoms with Crippen LogP contribution in [-0.4, -0.2) is 44.8 Å². The summed E-state index contributed by atoms with van der Waals surface area (Å²) < 4.78 is 30.7. The van der Waals surface area contributed by atoms with Crippen molar-refractivity contribution in [3.63, 3.8) is 0 Å². The van der Waals surface area contributed by atoms with E-state index < -0.39 is 10.0 Å². The van der Waals surface area contributed by atoms with Crippen LogP contribution in [0.4, 0.5) is 0 Å². The van der Waals surface area contributed by atoms with Gasteiger partial charge < -0.3 is 4.42 Å². The highest BCUT2D eigenvalue weighted by atomic mass is 32.2. The van der Waals surface area contributed by atoms with Crippen molar-refractivity contribution in [2.75, 3.05) is 21.1 Å². The molecule has 0 radical (unpaired) electrons. The number of hydrogen-bond acceptors (Lipinski definition) is 4. The highest BCUT2D eigenvalue weighted by Crippen LogP contribution is 2.28. The minimum Gasteiger partial charge on any atom is -0.447 e. The highest BCUT2D eigenvalue weighted by Gasteiger charge is 2.25. The topological polar surface area (TPSA) is 53.8 Å². The maximum atomic E-state index is 12.0. The quantitative estimate of drug-likeness (QED) is 0.838. The van der Waals surface area contributed by atoms with E-state index in [1.165, 1.54) is 44.1 Å². The number of hydrogen-bond donors (Lipinski definition) is 0. The van der Waals surface area contributed by atoms with Crippen molar-refractivity contribution in [1.82, 2.24) is 9.21 Å². The van der Waals surface area contributed by atoms with Crippen molar-refractivity contribution < 1.29 is 12.8 Å². The molecule has 0 N–H and O–H groups in total. The zero-order chi connectivity index (χ0) is 15.6. The third kappa shape index (κ3) is 3.87. The zero-order valence-electron chi connectivity index (χ0n) is 13.4. The predicted molar refractivity (Wildman–Crippen MR) is 82.5 cm³/mol. The van der Waals surface area contributed by atoms with Gasteiger partial charge in [0.15, 0.2) is 0 Å². The number of furan rings is 1. The smallest absolute Gasteiger partial charge is 0.275 e. The largest absolute Gasteiger partial charge is 0.447 e. The highest BCUT2D eigenvalue weighted by molar-refractivity contribution is 7.88. The van der Waals surface area contributed by atoms with Crippen LogP contribution in [0.2, 0.25) is 0 Å². The molecule has 1 aromatic rings. The summed E-state index contributed by atoms with van der Waals surface area (Å²) in [6.07, 6.45) is 5.01. The SMILES string of the molecule is C[C@H]1CCC[C@@H](N(C)Cc2ccc(S(=O)(=O)N(C)C)o2)C1. The van der Waals surface area contributed by atoms with Gasteiger partial charge in [-0.1, -0.05) is 19.8 Å². The van der Waals surface area contributed by atoms with Crippen molar-refractivity contribution in [2.45, 2.75) is 50.3 Å². The second-order valence-corrected chi connectivity index (χ2v) is 8.43. The molecule has 2 atom stereocenters.